The highest BCUT2D eigenvalue weighted by atomic mass is 16.5. The van der Waals surface area contributed by atoms with Crippen molar-refractivity contribution in [2.45, 2.75) is 33.7 Å². The van der Waals surface area contributed by atoms with E-state index in [1.165, 1.54) is 0 Å². The predicted octanol–water partition coefficient (Wildman–Crippen LogP) is 4.66. The van der Waals surface area contributed by atoms with Crippen molar-refractivity contribution in [2.75, 3.05) is 0 Å². The Morgan fingerprint density at radius 2 is 1.79 bits per heavy atom. The normalized spacial score (nSPS) is 13.0. The number of nitrogens with one attached hydrogen (secondary N) is 1. The van der Waals surface area contributed by atoms with E-state index in [1.54, 1.807) is 6.07 Å². The lowest BCUT2D eigenvalue weighted by molar-refractivity contribution is 0.0901. The second kappa shape index (κ2) is 6.11. The molecule has 1 aromatic heterocycles. The van der Waals surface area contributed by atoms with Gasteiger partial charge in [0.1, 0.15) is 0 Å². The monoisotopic (exact) mass is 322 g/mol. The molecule has 24 heavy (non-hydrogen) atoms. The molecule has 0 aliphatic carbocycles. The molecule has 0 saturated heterocycles. The number of nitrogens with zero attached hydrogens (tertiary/aromatic N) is 1. The van der Waals surface area contributed by atoms with E-state index in [1.807, 2.05) is 43.3 Å². The van der Waals surface area contributed by atoms with Crippen LogP contribution >= 0.6 is 0 Å². The first-order valence-electron chi connectivity index (χ1n) is 8.11. The van der Waals surface area contributed by atoms with Gasteiger partial charge in [-0.2, -0.15) is 0 Å². The fourth-order valence-corrected chi connectivity index (χ4v) is 2.35. The topological polar surface area (TPSA) is 55.1 Å². The van der Waals surface area contributed by atoms with Gasteiger partial charge in [-0.1, -0.05) is 62.3 Å². The highest BCUT2D eigenvalue weighted by Crippen LogP contribution is 2.25. The predicted molar refractivity (Wildman–Crippen MR) is 95.8 cm³/mol. The minimum atomic E-state index is -0.215. The van der Waals surface area contributed by atoms with E-state index in [2.05, 4.69) is 37.3 Å². The zero-order chi connectivity index (χ0) is 17.3. The SMILES string of the molecule is C[C@H](NC(=O)c1cc(-c2ccc3ccccc3c2)on1)C(C)(C)C. The number of benzene rings is 2. The molecule has 1 N–H and O–H groups in total. The molecular formula is C20H22N2O2. The van der Waals surface area contributed by atoms with Gasteiger partial charge in [0.25, 0.3) is 5.91 Å². The van der Waals surface area contributed by atoms with Crippen LogP contribution in [0.5, 0.6) is 0 Å². The van der Waals surface area contributed by atoms with Crippen molar-refractivity contribution in [2.24, 2.45) is 5.41 Å². The zero-order valence-corrected chi connectivity index (χ0v) is 14.5. The standard InChI is InChI=1S/C20H22N2O2/c1-13(20(2,3)4)21-19(23)17-12-18(24-22-17)16-10-9-14-7-5-6-8-15(14)11-16/h5-13H,1-4H3,(H,21,23)/t13-/m0/s1. The second-order valence-electron chi connectivity index (χ2n) is 7.20. The molecule has 0 aliphatic rings. The first kappa shape index (κ1) is 16.2. The number of hydrogen-bond donors (Lipinski definition) is 1. The molecule has 1 amide bonds. The van der Waals surface area contributed by atoms with E-state index in [0.717, 1.165) is 16.3 Å². The van der Waals surface area contributed by atoms with E-state index in [9.17, 15) is 4.79 Å². The Labute approximate surface area is 141 Å². The summed E-state index contributed by atoms with van der Waals surface area (Å²) in [5.74, 6) is 0.377. The number of hydrogen-bond acceptors (Lipinski definition) is 3. The summed E-state index contributed by atoms with van der Waals surface area (Å²) in [5, 5.41) is 9.18. The van der Waals surface area contributed by atoms with Gasteiger partial charge in [-0.05, 0) is 29.2 Å². The molecule has 0 bridgehead atoms. The molecule has 0 spiro atoms. The molecule has 3 rings (SSSR count). The number of fused-ring (bicyclic) bond motifs is 1. The Kier molecular flexibility index (Phi) is 4.14. The minimum Gasteiger partial charge on any atom is -0.355 e. The van der Waals surface area contributed by atoms with Crippen molar-refractivity contribution in [1.82, 2.24) is 10.5 Å². The third kappa shape index (κ3) is 3.32. The van der Waals surface area contributed by atoms with Crippen LogP contribution in [0.2, 0.25) is 0 Å². The van der Waals surface area contributed by atoms with Crippen molar-refractivity contribution in [3.05, 3.63) is 54.2 Å². The van der Waals surface area contributed by atoms with Crippen LogP contribution < -0.4 is 5.32 Å². The smallest absolute Gasteiger partial charge is 0.273 e. The molecule has 0 saturated carbocycles. The Morgan fingerprint density at radius 1 is 1.08 bits per heavy atom. The molecule has 124 valence electrons. The quantitative estimate of drug-likeness (QED) is 0.763. The van der Waals surface area contributed by atoms with Crippen LogP contribution in [-0.4, -0.2) is 17.1 Å². The molecule has 0 aliphatic heterocycles. The average molecular weight is 322 g/mol. The molecule has 4 nitrogen and oxygen atoms in total. The van der Waals surface area contributed by atoms with Crippen LogP contribution in [0.15, 0.2) is 53.1 Å². The fraction of sp³-hybridized carbons (Fsp3) is 0.300. The highest BCUT2D eigenvalue weighted by Gasteiger charge is 2.23. The van der Waals surface area contributed by atoms with Gasteiger partial charge in [0, 0.05) is 17.7 Å². The molecule has 4 heteroatoms. The Morgan fingerprint density at radius 3 is 2.50 bits per heavy atom. The van der Waals surface area contributed by atoms with E-state index < -0.39 is 0 Å². The van der Waals surface area contributed by atoms with Gasteiger partial charge in [-0.3, -0.25) is 4.79 Å². The van der Waals surface area contributed by atoms with Crippen molar-refractivity contribution < 1.29 is 9.32 Å². The van der Waals surface area contributed by atoms with Crippen LogP contribution in [-0.2, 0) is 0 Å². The third-order valence-electron chi connectivity index (χ3n) is 4.42. The maximum Gasteiger partial charge on any atom is 0.273 e. The third-order valence-corrected chi connectivity index (χ3v) is 4.42. The van der Waals surface area contributed by atoms with Crippen LogP contribution in [0.1, 0.15) is 38.2 Å². The largest absolute Gasteiger partial charge is 0.355 e. The van der Waals surface area contributed by atoms with Crippen molar-refractivity contribution in [3.63, 3.8) is 0 Å². The molecule has 0 fully saturated rings. The maximum absolute atomic E-state index is 12.3. The summed E-state index contributed by atoms with van der Waals surface area (Å²) in [5.41, 5.74) is 1.19. The van der Waals surface area contributed by atoms with Crippen LogP contribution in [0.3, 0.4) is 0 Å². The summed E-state index contributed by atoms with van der Waals surface area (Å²) in [6.45, 7) is 8.24. The maximum atomic E-state index is 12.3. The van der Waals surface area contributed by atoms with Gasteiger partial charge in [-0.15, -0.1) is 0 Å². The first-order chi connectivity index (χ1) is 11.3. The van der Waals surface area contributed by atoms with Crippen molar-refractivity contribution >= 4 is 16.7 Å². The Hall–Kier alpha value is -2.62. The molecule has 1 heterocycles. The first-order valence-corrected chi connectivity index (χ1v) is 8.11. The van der Waals surface area contributed by atoms with E-state index in [4.69, 9.17) is 4.52 Å². The summed E-state index contributed by atoms with van der Waals surface area (Å²) in [4.78, 5) is 12.3. The number of amides is 1. The van der Waals surface area contributed by atoms with Gasteiger partial charge in [0.15, 0.2) is 11.5 Å². The van der Waals surface area contributed by atoms with Gasteiger partial charge >= 0.3 is 0 Å². The number of carbonyl (C=O) groups is 1. The summed E-state index contributed by atoms with van der Waals surface area (Å²) in [6, 6.07) is 15.9. The molecule has 0 radical (unpaired) electrons. The fourth-order valence-electron chi connectivity index (χ4n) is 2.35. The average Bonchev–Trinajstić information content (AvgIpc) is 3.03. The zero-order valence-electron chi connectivity index (χ0n) is 14.5. The summed E-state index contributed by atoms with van der Waals surface area (Å²) < 4.78 is 5.38. The lowest BCUT2D eigenvalue weighted by Gasteiger charge is -2.27. The van der Waals surface area contributed by atoms with E-state index >= 15 is 0 Å². The summed E-state index contributed by atoms with van der Waals surface area (Å²) in [6.07, 6.45) is 0. The minimum absolute atomic E-state index is 0.0133. The van der Waals surface area contributed by atoms with Gasteiger partial charge < -0.3 is 9.84 Å². The molecule has 3 aromatic rings. The van der Waals surface area contributed by atoms with Crippen molar-refractivity contribution in [3.8, 4) is 11.3 Å². The summed E-state index contributed by atoms with van der Waals surface area (Å²) >= 11 is 0. The molecule has 1 atom stereocenters. The van der Waals surface area contributed by atoms with Crippen LogP contribution in [0, 0.1) is 5.41 Å². The number of carbonyl (C=O) groups excluding carboxylic acids is 1. The Balaban J connectivity index is 1.83. The van der Waals surface area contributed by atoms with Gasteiger partial charge in [0.05, 0.1) is 0 Å². The van der Waals surface area contributed by atoms with Crippen LogP contribution in [0.4, 0.5) is 0 Å². The highest BCUT2D eigenvalue weighted by molar-refractivity contribution is 5.94. The Bertz CT molecular complexity index is 874. The lowest BCUT2D eigenvalue weighted by Crippen LogP contribution is -2.41. The molecule has 0 unspecified atom stereocenters. The lowest BCUT2D eigenvalue weighted by atomic mass is 9.88. The van der Waals surface area contributed by atoms with E-state index in [-0.39, 0.29) is 17.4 Å². The molecule has 2 aromatic carbocycles. The van der Waals surface area contributed by atoms with E-state index in [0.29, 0.717) is 11.5 Å². The van der Waals surface area contributed by atoms with Crippen molar-refractivity contribution in [1.29, 1.82) is 0 Å². The summed E-state index contributed by atoms with van der Waals surface area (Å²) in [7, 11) is 0. The number of rotatable bonds is 3. The van der Waals surface area contributed by atoms with Crippen LogP contribution in [0.25, 0.3) is 22.1 Å². The van der Waals surface area contributed by atoms with Gasteiger partial charge in [0.2, 0.25) is 0 Å². The molecular weight excluding hydrogens is 300 g/mol. The number of aromatic nitrogens is 1. The second-order valence-corrected chi connectivity index (χ2v) is 7.20. The van der Waals surface area contributed by atoms with Gasteiger partial charge in [-0.25, -0.2) is 0 Å².